The summed E-state index contributed by atoms with van der Waals surface area (Å²) in [4.78, 5) is 32.2. The molecule has 2 amide bonds. The van der Waals surface area contributed by atoms with Gasteiger partial charge in [0.1, 0.15) is 0 Å². The zero-order valence-electron chi connectivity index (χ0n) is 15.6. The van der Waals surface area contributed by atoms with Crippen LogP contribution < -0.4 is 11.1 Å². The largest absolute Gasteiger partial charge is 0.363 e. The molecule has 0 radical (unpaired) electrons. The van der Waals surface area contributed by atoms with E-state index in [1.807, 2.05) is 0 Å². The minimum atomic E-state index is -0.672. The predicted octanol–water partition coefficient (Wildman–Crippen LogP) is 0.124. The molecule has 0 bridgehead atoms. The number of nitrogens with zero attached hydrogens (tertiary/aromatic N) is 4. The van der Waals surface area contributed by atoms with Crippen LogP contribution in [0.5, 0.6) is 0 Å². The summed E-state index contributed by atoms with van der Waals surface area (Å²) in [5.74, 6) is 0.0825. The molecule has 9 heteroatoms. The summed E-state index contributed by atoms with van der Waals surface area (Å²) >= 11 is 0. The Kier molecular flexibility index (Phi) is 5.40. The normalized spacial score (nSPS) is 25.4. The molecule has 3 fully saturated rings. The quantitative estimate of drug-likeness (QED) is 0.724. The third-order valence-electron chi connectivity index (χ3n) is 5.87. The second-order valence-corrected chi connectivity index (χ2v) is 8.00. The maximum absolute atomic E-state index is 12.4. The molecule has 1 aromatic rings. The Bertz CT molecular complexity index is 680. The Morgan fingerprint density at radius 3 is 2.59 bits per heavy atom. The van der Waals surface area contributed by atoms with Crippen molar-refractivity contribution in [2.45, 2.75) is 57.2 Å². The summed E-state index contributed by atoms with van der Waals surface area (Å²) in [5, 5.41) is 6.75. The summed E-state index contributed by atoms with van der Waals surface area (Å²) in [7, 11) is 0. The zero-order chi connectivity index (χ0) is 18.8. The standard InChI is InChI=1S/C18H28N6O3/c19-16(25)17-21-15(27-22-17)11-23-8-5-14(6-9-23)24-7-1-2-12(10-24)18(26)20-13-3-4-13/h12-14H,1-11H2,(H2,19,25)(H,20,26). The molecule has 1 unspecified atom stereocenters. The van der Waals surface area contributed by atoms with Gasteiger partial charge < -0.3 is 15.6 Å². The van der Waals surface area contributed by atoms with E-state index in [0.717, 1.165) is 64.7 Å². The molecule has 1 aromatic heterocycles. The van der Waals surface area contributed by atoms with Crippen molar-refractivity contribution in [3.05, 3.63) is 11.7 Å². The lowest BCUT2D eigenvalue weighted by Crippen LogP contribution is -2.50. The van der Waals surface area contributed by atoms with Gasteiger partial charge in [-0.3, -0.25) is 19.4 Å². The van der Waals surface area contributed by atoms with Crippen LogP contribution in [0.2, 0.25) is 0 Å². The number of nitrogens with two attached hydrogens (primary N) is 1. The maximum atomic E-state index is 12.4. The topological polar surface area (TPSA) is 118 Å². The van der Waals surface area contributed by atoms with E-state index in [1.54, 1.807) is 0 Å². The fourth-order valence-corrected chi connectivity index (χ4v) is 4.15. The second-order valence-electron chi connectivity index (χ2n) is 8.00. The number of rotatable bonds is 6. The van der Waals surface area contributed by atoms with E-state index in [0.29, 0.717) is 24.5 Å². The van der Waals surface area contributed by atoms with Gasteiger partial charge in [0, 0.05) is 31.7 Å². The average Bonchev–Trinajstić information content (AvgIpc) is 3.37. The number of carbonyl (C=O) groups is 2. The fraction of sp³-hybridized carbons (Fsp3) is 0.778. The SMILES string of the molecule is NC(=O)c1noc(CN2CCC(N3CCCC(C(=O)NC4CC4)C3)CC2)n1. The van der Waals surface area contributed by atoms with Gasteiger partial charge >= 0.3 is 0 Å². The molecule has 1 aliphatic carbocycles. The molecule has 2 saturated heterocycles. The lowest BCUT2D eigenvalue weighted by molar-refractivity contribution is -0.127. The van der Waals surface area contributed by atoms with E-state index >= 15 is 0 Å². The molecular formula is C18H28N6O3. The van der Waals surface area contributed by atoms with Crippen LogP contribution in [-0.2, 0) is 11.3 Å². The van der Waals surface area contributed by atoms with E-state index in [9.17, 15) is 9.59 Å². The van der Waals surface area contributed by atoms with Gasteiger partial charge in [-0.2, -0.15) is 4.98 Å². The van der Waals surface area contributed by atoms with Crippen LogP contribution in [0.4, 0.5) is 0 Å². The van der Waals surface area contributed by atoms with Gasteiger partial charge in [-0.25, -0.2) is 0 Å². The van der Waals surface area contributed by atoms with Crippen LogP contribution in [-0.4, -0.2) is 70.0 Å². The number of hydrogen-bond acceptors (Lipinski definition) is 7. The highest BCUT2D eigenvalue weighted by molar-refractivity contribution is 5.88. The number of likely N-dealkylation sites (tertiary alicyclic amines) is 2. The number of primary amides is 1. The van der Waals surface area contributed by atoms with Gasteiger partial charge in [-0.15, -0.1) is 0 Å². The summed E-state index contributed by atoms with van der Waals surface area (Å²) in [6.07, 6.45) is 6.51. The first-order chi connectivity index (χ1) is 13.1. The van der Waals surface area contributed by atoms with Crippen LogP contribution in [0.25, 0.3) is 0 Å². The minimum Gasteiger partial charge on any atom is -0.363 e. The van der Waals surface area contributed by atoms with Crippen molar-refractivity contribution >= 4 is 11.8 Å². The summed E-state index contributed by atoms with van der Waals surface area (Å²) < 4.78 is 5.09. The van der Waals surface area contributed by atoms with Gasteiger partial charge in [0.25, 0.3) is 11.7 Å². The molecule has 3 N–H and O–H groups in total. The van der Waals surface area contributed by atoms with Crippen molar-refractivity contribution in [2.75, 3.05) is 26.2 Å². The van der Waals surface area contributed by atoms with Crippen molar-refractivity contribution in [3.8, 4) is 0 Å². The number of piperidine rings is 2. The van der Waals surface area contributed by atoms with Crippen LogP contribution in [0, 0.1) is 5.92 Å². The Morgan fingerprint density at radius 2 is 1.93 bits per heavy atom. The van der Waals surface area contributed by atoms with E-state index in [1.165, 1.54) is 0 Å². The molecule has 9 nitrogen and oxygen atoms in total. The monoisotopic (exact) mass is 376 g/mol. The second kappa shape index (κ2) is 7.93. The van der Waals surface area contributed by atoms with Crippen molar-refractivity contribution in [1.82, 2.24) is 25.3 Å². The molecule has 1 saturated carbocycles. The van der Waals surface area contributed by atoms with Crippen LogP contribution >= 0.6 is 0 Å². The zero-order valence-corrected chi connectivity index (χ0v) is 15.6. The summed E-state index contributed by atoms with van der Waals surface area (Å²) in [6, 6.07) is 0.970. The van der Waals surface area contributed by atoms with E-state index in [4.69, 9.17) is 10.3 Å². The molecule has 3 aliphatic rings. The number of nitrogens with one attached hydrogen (secondary N) is 1. The van der Waals surface area contributed by atoms with Crippen LogP contribution in [0.1, 0.15) is 55.0 Å². The van der Waals surface area contributed by atoms with Gasteiger partial charge in [-0.05, 0) is 45.1 Å². The molecule has 0 spiro atoms. The lowest BCUT2D eigenvalue weighted by Gasteiger charge is -2.41. The van der Waals surface area contributed by atoms with Crippen LogP contribution in [0.15, 0.2) is 4.52 Å². The Balaban J connectivity index is 1.24. The minimum absolute atomic E-state index is 0.0660. The maximum Gasteiger partial charge on any atom is 0.290 e. The lowest BCUT2D eigenvalue weighted by atomic mass is 9.93. The number of hydrogen-bond donors (Lipinski definition) is 2. The van der Waals surface area contributed by atoms with Crippen LogP contribution in [0.3, 0.4) is 0 Å². The smallest absolute Gasteiger partial charge is 0.290 e. The number of amides is 2. The first kappa shape index (κ1) is 18.4. The molecule has 2 aliphatic heterocycles. The highest BCUT2D eigenvalue weighted by atomic mass is 16.5. The molecule has 148 valence electrons. The van der Waals surface area contributed by atoms with Gasteiger partial charge in [0.05, 0.1) is 12.5 Å². The van der Waals surface area contributed by atoms with Gasteiger partial charge in [0.2, 0.25) is 11.8 Å². The molecule has 1 atom stereocenters. The van der Waals surface area contributed by atoms with E-state index in [2.05, 4.69) is 25.3 Å². The van der Waals surface area contributed by atoms with Crippen molar-refractivity contribution in [1.29, 1.82) is 0 Å². The predicted molar refractivity (Wildman–Crippen MR) is 96.6 cm³/mol. The number of aromatic nitrogens is 2. The number of carbonyl (C=O) groups excluding carboxylic acids is 2. The highest BCUT2D eigenvalue weighted by Gasteiger charge is 2.34. The van der Waals surface area contributed by atoms with Crippen molar-refractivity contribution in [3.63, 3.8) is 0 Å². The molecule has 4 rings (SSSR count). The molecule has 0 aromatic carbocycles. The third-order valence-corrected chi connectivity index (χ3v) is 5.87. The average molecular weight is 376 g/mol. The first-order valence-corrected chi connectivity index (χ1v) is 9.97. The van der Waals surface area contributed by atoms with Gasteiger partial charge in [0.15, 0.2) is 0 Å². The molecule has 3 heterocycles. The van der Waals surface area contributed by atoms with Gasteiger partial charge in [-0.1, -0.05) is 5.16 Å². The fourth-order valence-electron chi connectivity index (χ4n) is 4.15. The summed E-state index contributed by atoms with van der Waals surface area (Å²) in [6.45, 7) is 4.39. The summed E-state index contributed by atoms with van der Waals surface area (Å²) in [5.41, 5.74) is 5.15. The van der Waals surface area contributed by atoms with Crippen molar-refractivity contribution < 1.29 is 14.1 Å². The van der Waals surface area contributed by atoms with E-state index < -0.39 is 5.91 Å². The molecular weight excluding hydrogens is 348 g/mol. The highest BCUT2D eigenvalue weighted by Crippen LogP contribution is 2.26. The molecule has 27 heavy (non-hydrogen) atoms. The Labute approximate surface area is 158 Å². The Morgan fingerprint density at radius 1 is 1.15 bits per heavy atom. The Hall–Kier alpha value is -2.00. The van der Waals surface area contributed by atoms with Crippen molar-refractivity contribution in [2.24, 2.45) is 11.7 Å². The van der Waals surface area contributed by atoms with E-state index in [-0.39, 0.29) is 17.6 Å². The first-order valence-electron chi connectivity index (χ1n) is 9.97. The third kappa shape index (κ3) is 4.65.